The van der Waals surface area contributed by atoms with Crippen molar-refractivity contribution in [2.45, 2.75) is 25.7 Å². The van der Waals surface area contributed by atoms with E-state index in [2.05, 4.69) is 15.3 Å². The summed E-state index contributed by atoms with van der Waals surface area (Å²) >= 11 is 1.36. The molecule has 0 radical (unpaired) electrons. The van der Waals surface area contributed by atoms with Crippen molar-refractivity contribution in [3.05, 3.63) is 40.4 Å². The van der Waals surface area contributed by atoms with E-state index in [1.54, 1.807) is 6.92 Å². The highest BCUT2D eigenvalue weighted by Gasteiger charge is 2.26. The first kappa shape index (κ1) is 12.2. The number of halogens is 1. The molecule has 6 heteroatoms. The van der Waals surface area contributed by atoms with Gasteiger partial charge in [-0.1, -0.05) is 0 Å². The zero-order valence-electron chi connectivity index (χ0n) is 10.3. The highest BCUT2D eigenvalue weighted by atomic mass is 32.1. The van der Waals surface area contributed by atoms with Crippen LogP contribution in [0.2, 0.25) is 0 Å². The van der Waals surface area contributed by atoms with Crippen molar-refractivity contribution in [2.75, 3.05) is 5.32 Å². The Morgan fingerprint density at radius 2 is 2.32 bits per heavy atom. The molecule has 1 saturated carbocycles. The van der Waals surface area contributed by atoms with Gasteiger partial charge in [-0.2, -0.15) is 0 Å². The summed E-state index contributed by atoms with van der Waals surface area (Å²) in [5.41, 5.74) is 1.49. The predicted octanol–water partition coefficient (Wildman–Crippen LogP) is 3.12. The van der Waals surface area contributed by atoms with Gasteiger partial charge < -0.3 is 0 Å². The molecule has 0 aromatic carbocycles. The van der Waals surface area contributed by atoms with Gasteiger partial charge in [-0.3, -0.25) is 10.1 Å². The lowest BCUT2D eigenvalue weighted by Crippen LogP contribution is -2.15. The maximum atomic E-state index is 13.6. The van der Waals surface area contributed by atoms with E-state index >= 15 is 0 Å². The van der Waals surface area contributed by atoms with Crippen molar-refractivity contribution in [2.24, 2.45) is 0 Å². The smallest absolute Gasteiger partial charge is 0.279 e. The van der Waals surface area contributed by atoms with Crippen molar-refractivity contribution in [3.8, 4) is 0 Å². The minimum absolute atomic E-state index is 0.200. The number of anilines is 1. The molecular weight excluding hydrogens is 265 g/mol. The molecule has 0 unspecified atom stereocenters. The Kier molecular flexibility index (Phi) is 3.02. The second-order valence-electron chi connectivity index (χ2n) is 4.65. The van der Waals surface area contributed by atoms with Gasteiger partial charge in [-0.05, 0) is 31.4 Å². The van der Waals surface area contributed by atoms with Gasteiger partial charge in [0.25, 0.3) is 5.91 Å². The third kappa shape index (κ3) is 2.63. The van der Waals surface area contributed by atoms with Crippen molar-refractivity contribution in [3.63, 3.8) is 0 Å². The van der Waals surface area contributed by atoms with Crippen LogP contribution in [0.15, 0.2) is 17.6 Å². The van der Waals surface area contributed by atoms with E-state index in [1.165, 1.54) is 23.6 Å². The van der Waals surface area contributed by atoms with Gasteiger partial charge in [0.1, 0.15) is 0 Å². The number of carbonyl (C=O) groups is 1. The topological polar surface area (TPSA) is 54.9 Å². The molecule has 1 N–H and O–H groups in total. The second kappa shape index (κ2) is 4.70. The van der Waals surface area contributed by atoms with Crippen LogP contribution >= 0.6 is 11.3 Å². The number of thiazole rings is 1. The summed E-state index contributed by atoms with van der Waals surface area (Å²) in [6.07, 6.45) is 3.78. The predicted molar refractivity (Wildman–Crippen MR) is 71.0 cm³/mol. The molecule has 0 bridgehead atoms. The highest BCUT2D eigenvalue weighted by Crippen LogP contribution is 2.40. The van der Waals surface area contributed by atoms with Gasteiger partial charge in [0.2, 0.25) is 0 Å². The first-order valence-electron chi connectivity index (χ1n) is 6.02. The number of pyridine rings is 1. The van der Waals surface area contributed by atoms with Gasteiger partial charge in [0, 0.05) is 17.5 Å². The van der Waals surface area contributed by atoms with E-state index in [1.807, 2.05) is 5.38 Å². The molecule has 0 saturated heterocycles. The van der Waals surface area contributed by atoms with Crippen LogP contribution in [0.4, 0.5) is 9.52 Å². The number of hydrogen-bond donors (Lipinski definition) is 1. The SMILES string of the molecule is Cc1cnc(C(=O)Nc2nc(C3CC3)cs2)c(F)c1. The molecule has 19 heavy (non-hydrogen) atoms. The number of carbonyl (C=O) groups excluding carboxylic acids is 1. The second-order valence-corrected chi connectivity index (χ2v) is 5.51. The first-order valence-corrected chi connectivity index (χ1v) is 6.90. The molecule has 1 fully saturated rings. The van der Waals surface area contributed by atoms with Gasteiger partial charge >= 0.3 is 0 Å². The Morgan fingerprint density at radius 3 is 3.00 bits per heavy atom. The van der Waals surface area contributed by atoms with Crippen LogP contribution in [0, 0.1) is 12.7 Å². The lowest BCUT2D eigenvalue weighted by atomic mass is 10.2. The van der Waals surface area contributed by atoms with E-state index in [0.717, 1.165) is 18.5 Å². The molecule has 2 heterocycles. The molecule has 1 aliphatic carbocycles. The number of nitrogens with zero attached hydrogens (tertiary/aromatic N) is 2. The fourth-order valence-electron chi connectivity index (χ4n) is 1.77. The normalized spacial score (nSPS) is 14.4. The summed E-state index contributed by atoms with van der Waals surface area (Å²) < 4.78 is 13.6. The molecule has 4 nitrogen and oxygen atoms in total. The third-order valence-electron chi connectivity index (χ3n) is 2.93. The molecule has 98 valence electrons. The Morgan fingerprint density at radius 1 is 1.53 bits per heavy atom. The summed E-state index contributed by atoms with van der Waals surface area (Å²) in [6.45, 7) is 1.72. The van der Waals surface area contributed by atoms with Gasteiger partial charge in [0.15, 0.2) is 16.6 Å². The van der Waals surface area contributed by atoms with Crippen LogP contribution < -0.4 is 5.32 Å². The van der Waals surface area contributed by atoms with Crippen molar-refractivity contribution in [1.29, 1.82) is 0 Å². The molecule has 1 amide bonds. The van der Waals surface area contributed by atoms with E-state index in [0.29, 0.717) is 16.6 Å². The average molecular weight is 277 g/mol. The lowest BCUT2D eigenvalue weighted by molar-refractivity contribution is 0.101. The number of rotatable bonds is 3. The zero-order chi connectivity index (χ0) is 13.4. The van der Waals surface area contributed by atoms with Crippen molar-refractivity contribution < 1.29 is 9.18 Å². The van der Waals surface area contributed by atoms with Crippen LogP contribution in [0.5, 0.6) is 0 Å². The summed E-state index contributed by atoms with van der Waals surface area (Å²) in [7, 11) is 0. The quantitative estimate of drug-likeness (QED) is 0.937. The van der Waals surface area contributed by atoms with Crippen LogP contribution in [-0.4, -0.2) is 15.9 Å². The van der Waals surface area contributed by atoms with Crippen LogP contribution in [0.25, 0.3) is 0 Å². The maximum absolute atomic E-state index is 13.6. The fourth-order valence-corrected chi connectivity index (χ4v) is 2.55. The summed E-state index contributed by atoms with van der Waals surface area (Å²) in [4.78, 5) is 20.0. The standard InChI is InChI=1S/C13H12FN3OS/c1-7-4-9(14)11(15-5-7)12(18)17-13-16-10(6-19-13)8-2-3-8/h4-6,8H,2-3H2,1H3,(H,16,17,18). The van der Waals surface area contributed by atoms with Gasteiger partial charge in [-0.15, -0.1) is 11.3 Å². The monoisotopic (exact) mass is 277 g/mol. The molecule has 2 aromatic rings. The molecule has 0 spiro atoms. The van der Waals surface area contributed by atoms with Gasteiger partial charge in [-0.25, -0.2) is 14.4 Å². The van der Waals surface area contributed by atoms with Crippen molar-refractivity contribution in [1.82, 2.24) is 9.97 Å². The number of aromatic nitrogens is 2. The van der Waals surface area contributed by atoms with E-state index < -0.39 is 11.7 Å². The number of hydrogen-bond acceptors (Lipinski definition) is 4. The number of amides is 1. The minimum atomic E-state index is -0.614. The Hall–Kier alpha value is -1.82. The van der Waals surface area contributed by atoms with Crippen LogP contribution in [-0.2, 0) is 0 Å². The Bertz CT molecular complexity index is 637. The summed E-state index contributed by atoms with van der Waals surface area (Å²) in [6, 6.07) is 1.29. The molecule has 1 aliphatic rings. The molecule has 2 aromatic heterocycles. The number of aryl methyl sites for hydroxylation is 1. The lowest BCUT2D eigenvalue weighted by Gasteiger charge is -2.02. The Balaban J connectivity index is 1.76. The van der Waals surface area contributed by atoms with E-state index in [9.17, 15) is 9.18 Å². The molecule has 3 rings (SSSR count). The highest BCUT2D eigenvalue weighted by molar-refractivity contribution is 7.14. The molecular formula is C13H12FN3OS. The summed E-state index contributed by atoms with van der Waals surface area (Å²) in [5.74, 6) is -0.637. The maximum Gasteiger partial charge on any atom is 0.279 e. The molecule has 0 atom stereocenters. The minimum Gasteiger partial charge on any atom is -0.296 e. The average Bonchev–Trinajstić information content (AvgIpc) is 3.10. The fraction of sp³-hybridized carbons (Fsp3) is 0.308. The van der Waals surface area contributed by atoms with E-state index in [4.69, 9.17) is 0 Å². The van der Waals surface area contributed by atoms with Crippen LogP contribution in [0.3, 0.4) is 0 Å². The first-order chi connectivity index (χ1) is 9.13. The van der Waals surface area contributed by atoms with Crippen LogP contribution in [0.1, 0.15) is 40.5 Å². The third-order valence-corrected chi connectivity index (χ3v) is 3.71. The number of nitrogens with one attached hydrogen (secondary N) is 1. The van der Waals surface area contributed by atoms with Crippen molar-refractivity contribution >= 4 is 22.4 Å². The molecule has 0 aliphatic heterocycles. The largest absolute Gasteiger partial charge is 0.296 e. The van der Waals surface area contributed by atoms with E-state index in [-0.39, 0.29) is 5.69 Å². The van der Waals surface area contributed by atoms with Gasteiger partial charge in [0.05, 0.1) is 5.69 Å². The summed E-state index contributed by atoms with van der Waals surface area (Å²) in [5, 5.41) is 5.02. The zero-order valence-corrected chi connectivity index (χ0v) is 11.1. The Labute approximate surface area is 113 Å².